The third kappa shape index (κ3) is 2.01. The van der Waals surface area contributed by atoms with Gasteiger partial charge in [0.25, 0.3) is 0 Å². The lowest BCUT2D eigenvalue weighted by Gasteiger charge is -2.05. The van der Waals surface area contributed by atoms with Crippen LogP contribution in [0.4, 0.5) is 11.5 Å². The van der Waals surface area contributed by atoms with E-state index >= 15 is 0 Å². The average Bonchev–Trinajstić information content (AvgIpc) is 2.86. The van der Waals surface area contributed by atoms with E-state index in [9.17, 15) is 0 Å². The minimum absolute atomic E-state index is 0.589. The van der Waals surface area contributed by atoms with Crippen molar-refractivity contribution in [1.82, 2.24) is 9.97 Å². The molecule has 0 amide bonds. The third-order valence-electron chi connectivity index (χ3n) is 2.49. The molecule has 0 unspecified atom stereocenters. The Bertz CT molecular complexity index is 742. The molecule has 3 aromatic rings. The maximum absolute atomic E-state index is 8.83. The highest BCUT2D eigenvalue weighted by atomic mass is 32.1. The average molecular weight is 252 g/mol. The van der Waals surface area contributed by atoms with Crippen molar-refractivity contribution in [3.63, 3.8) is 0 Å². The van der Waals surface area contributed by atoms with Crippen molar-refractivity contribution >= 4 is 33.1 Å². The van der Waals surface area contributed by atoms with Crippen LogP contribution in [0, 0.1) is 11.3 Å². The zero-order valence-corrected chi connectivity index (χ0v) is 10.1. The number of nitriles is 1. The lowest BCUT2D eigenvalue weighted by molar-refractivity contribution is 1.29. The van der Waals surface area contributed by atoms with E-state index in [0.717, 1.165) is 15.9 Å². The fourth-order valence-electron chi connectivity index (χ4n) is 1.65. The van der Waals surface area contributed by atoms with Gasteiger partial charge in [-0.25, -0.2) is 9.97 Å². The highest BCUT2D eigenvalue weighted by molar-refractivity contribution is 7.16. The molecule has 86 valence electrons. The maximum Gasteiger partial charge on any atom is 0.131 e. The van der Waals surface area contributed by atoms with Crippen LogP contribution in [0.15, 0.2) is 42.0 Å². The van der Waals surface area contributed by atoms with Crippen LogP contribution in [-0.2, 0) is 0 Å². The molecular formula is C13H8N4S. The first-order chi connectivity index (χ1) is 8.85. The summed E-state index contributed by atoms with van der Waals surface area (Å²) in [5.41, 5.74) is 4.34. The van der Waals surface area contributed by atoms with Gasteiger partial charge in [-0.05, 0) is 30.3 Å². The van der Waals surface area contributed by atoms with Crippen molar-refractivity contribution in [1.29, 1.82) is 5.26 Å². The van der Waals surface area contributed by atoms with Crippen LogP contribution in [0.2, 0.25) is 0 Å². The molecule has 0 bridgehead atoms. The fourth-order valence-corrected chi connectivity index (χ4v) is 2.37. The minimum atomic E-state index is 0.589. The van der Waals surface area contributed by atoms with Gasteiger partial charge in [0, 0.05) is 11.9 Å². The zero-order valence-electron chi connectivity index (χ0n) is 9.29. The summed E-state index contributed by atoms with van der Waals surface area (Å²) in [4.78, 5) is 8.40. The number of rotatable bonds is 2. The van der Waals surface area contributed by atoms with Gasteiger partial charge in [0.2, 0.25) is 0 Å². The second kappa shape index (κ2) is 4.43. The number of nitrogens with one attached hydrogen (secondary N) is 1. The molecule has 1 N–H and O–H groups in total. The molecule has 0 saturated carbocycles. The van der Waals surface area contributed by atoms with E-state index in [1.165, 1.54) is 0 Å². The summed E-state index contributed by atoms with van der Waals surface area (Å²) >= 11 is 1.60. The van der Waals surface area contributed by atoms with Crippen LogP contribution in [0.1, 0.15) is 5.56 Å². The Kier molecular flexibility index (Phi) is 2.63. The normalized spacial score (nSPS) is 10.2. The molecule has 0 aliphatic rings. The summed E-state index contributed by atoms with van der Waals surface area (Å²) in [6.45, 7) is 0. The van der Waals surface area contributed by atoms with Crippen molar-refractivity contribution in [2.45, 2.75) is 0 Å². The Balaban J connectivity index is 1.93. The van der Waals surface area contributed by atoms with Crippen LogP contribution in [0.5, 0.6) is 0 Å². The van der Waals surface area contributed by atoms with E-state index in [4.69, 9.17) is 5.26 Å². The number of thiazole rings is 1. The molecule has 5 heteroatoms. The van der Waals surface area contributed by atoms with Gasteiger partial charge in [-0.2, -0.15) is 5.26 Å². The molecule has 0 aliphatic heterocycles. The number of fused-ring (bicyclic) bond motifs is 1. The van der Waals surface area contributed by atoms with Gasteiger partial charge in [0.15, 0.2) is 0 Å². The molecule has 0 saturated heterocycles. The van der Waals surface area contributed by atoms with Gasteiger partial charge < -0.3 is 5.32 Å². The number of benzene rings is 1. The molecule has 4 nitrogen and oxygen atoms in total. The molecule has 2 aromatic heterocycles. The highest BCUT2D eigenvalue weighted by Gasteiger charge is 2.01. The minimum Gasteiger partial charge on any atom is -0.340 e. The van der Waals surface area contributed by atoms with Gasteiger partial charge in [0.05, 0.1) is 27.4 Å². The molecule has 0 aliphatic carbocycles. The largest absolute Gasteiger partial charge is 0.340 e. The number of hydrogen-bond acceptors (Lipinski definition) is 5. The molecule has 2 heterocycles. The first-order valence-corrected chi connectivity index (χ1v) is 6.19. The number of aromatic nitrogens is 2. The molecule has 0 fully saturated rings. The van der Waals surface area contributed by atoms with Gasteiger partial charge in [-0.1, -0.05) is 0 Å². The van der Waals surface area contributed by atoms with Crippen molar-refractivity contribution < 1.29 is 0 Å². The number of nitrogens with zero attached hydrogens (tertiary/aromatic N) is 3. The first kappa shape index (κ1) is 10.7. The fraction of sp³-hybridized carbons (Fsp3) is 0. The molecule has 0 atom stereocenters. The SMILES string of the molecule is N#Cc1ccnc(Nc2ccc3ncsc3c2)c1. The van der Waals surface area contributed by atoms with E-state index in [1.807, 2.05) is 23.7 Å². The first-order valence-electron chi connectivity index (χ1n) is 5.31. The Labute approximate surface area is 108 Å². The number of pyridine rings is 1. The lowest BCUT2D eigenvalue weighted by atomic mass is 10.2. The summed E-state index contributed by atoms with van der Waals surface area (Å²) in [5.74, 6) is 0.665. The monoisotopic (exact) mass is 252 g/mol. The lowest BCUT2D eigenvalue weighted by Crippen LogP contribution is -1.93. The summed E-state index contributed by atoms with van der Waals surface area (Å²) in [5, 5.41) is 12.0. The Hall–Kier alpha value is -2.45. The van der Waals surface area contributed by atoms with Gasteiger partial charge >= 0.3 is 0 Å². The van der Waals surface area contributed by atoms with Crippen LogP contribution in [0.25, 0.3) is 10.2 Å². The molecule has 0 spiro atoms. The molecular weight excluding hydrogens is 244 g/mol. The van der Waals surface area contributed by atoms with E-state index in [1.54, 1.807) is 29.7 Å². The standard InChI is InChI=1S/C13H8N4S/c14-7-9-3-4-15-13(5-9)17-10-1-2-11-12(6-10)18-8-16-11/h1-6,8H,(H,15,17). The van der Waals surface area contributed by atoms with Crippen molar-refractivity contribution in [2.24, 2.45) is 0 Å². The Morgan fingerprint density at radius 2 is 2.11 bits per heavy atom. The Morgan fingerprint density at radius 1 is 1.17 bits per heavy atom. The second-order valence-electron chi connectivity index (χ2n) is 3.70. The van der Waals surface area contributed by atoms with Crippen molar-refractivity contribution in [3.05, 3.63) is 47.6 Å². The second-order valence-corrected chi connectivity index (χ2v) is 4.59. The summed E-state index contributed by atoms with van der Waals surface area (Å²) in [6, 6.07) is 11.4. The third-order valence-corrected chi connectivity index (χ3v) is 3.28. The summed E-state index contributed by atoms with van der Waals surface area (Å²) in [6.07, 6.45) is 1.62. The van der Waals surface area contributed by atoms with E-state index in [-0.39, 0.29) is 0 Å². The van der Waals surface area contributed by atoms with E-state index < -0.39 is 0 Å². The van der Waals surface area contributed by atoms with Gasteiger partial charge in [-0.15, -0.1) is 11.3 Å². The van der Waals surface area contributed by atoms with Crippen molar-refractivity contribution in [3.8, 4) is 6.07 Å². The number of hydrogen-bond donors (Lipinski definition) is 1. The zero-order chi connectivity index (χ0) is 12.4. The predicted molar refractivity (Wildman–Crippen MR) is 71.9 cm³/mol. The Morgan fingerprint density at radius 3 is 3.00 bits per heavy atom. The molecule has 18 heavy (non-hydrogen) atoms. The topological polar surface area (TPSA) is 61.6 Å². The smallest absolute Gasteiger partial charge is 0.131 e. The summed E-state index contributed by atoms with van der Waals surface area (Å²) in [7, 11) is 0. The van der Waals surface area contributed by atoms with Crippen LogP contribution < -0.4 is 5.32 Å². The maximum atomic E-state index is 8.83. The number of anilines is 2. The van der Waals surface area contributed by atoms with Gasteiger partial charge in [0.1, 0.15) is 5.82 Å². The quantitative estimate of drug-likeness (QED) is 0.760. The highest BCUT2D eigenvalue weighted by Crippen LogP contribution is 2.23. The van der Waals surface area contributed by atoms with Crippen LogP contribution in [-0.4, -0.2) is 9.97 Å². The van der Waals surface area contributed by atoms with Crippen LogP contribution >= 0.6 is 11.3 Å². The van der Waals surface area contributed by atoms with Crippen LogP contribution in [0.3, 0.4) is 0 Å². The molecule has 1 aromatic carbocycles. The molecule has 3 rings (SSSR count). The predicted octanol–water partition coefficient (Wildman–Crippen LogP) is 3.31. The molecule has 0 radical (unpaired) electrons. The summed E-state index contributed by atoms with van der Waals surface area (Å²) < 4.78 is 1.12. The van der Waals surface area contributed by atoms with Gasteiger partial charge in [-0.3, -0.25) is 0 Å². The van der Waals surface area contributed by atoms with Crippen molar-refractivity contribution in [2.75, 3.05) is 5.32 Å². The van der Waals surface area contributed by atoms with E-state index in [0.29, 0.717) is 11.4 Å². The van der Waals surface area contributed by atoms with E-state index in [2.05, 4.69) is 21.4 Å².